The Hall–Kier alpha value is -4.83. The van der Waals surface area contributed by atoms with E-state index in [9.17, 15) is 15.0 Å². The molecule has 6 rings (SSSR count). The number of hydrogen-bond donors (Lipinski definition) is 2. The molecule has 0 aliphatic rings. The zero-order valence-corrected chi connectivity index (χ0v) is 25.0. The molecule has 0 amide bonds. The predicted octanol–water partition coefficient (Wildman–Crippen LogP) is 5.87. The van der Waals surface area contributed by atoms with Gasteiger partial charge in [-0.05, 0) is 83.8 Å². The molecule has 3 heterocycles. The van der Waals surface area contributed by atoms with Crippen LogP contribution in [0.4, 0.5) is 0 Å². The minimum absolute atomic E-state index is 0. The van der Waals surface area contributed by atoms with Gasteiger partial charge in [0.2, 0.25) is 0 Å². The Kier molecular flexibility index (Phi) is 9.20. The van der Waals surface area contributed by atoms with Gasteiger partial charge >= 0.3 is 0 Å². The molecule has 10 heteroatoms. The molecule has 0 fully saturated rings. The van der Waals surface area contributed by atoms with Gasteiger partial charge in [-0.3, -0.25) is 14.8 Å². The maximum absolute atomic E-state index is 14.0. The fourth-order valence-corrected chi connectivity index (χ4v) is 5.51. The van der Waals surface area contributed by atoms with Crippen LogP contribution in [-0.4, -0.2) is 43.2 Å². The summed E-state index contributed by atoms with van der Waals surface area (Å²) in [6.45, 7) is 4.03. The second-order valence-corrected chi connectivity index (χ2v) is 9.84. The highest BCUT2D eigenvalue weighted by atomic mass is 35.5. The van der Waals surface area contributed by atoms with Crippen LogP contribution in [0, 0.1) is 0 Å². The standard InChI is InChI=1S/C34H30N4O5.ClH/c1-3-42-30-15-22-14-23(19-39)28(20-40)32(27(22)16-31(30)43-4-2)26-11-13-36-18-29(26)38-34(41)25-10-6-5-9-24(25)33(37-38)21-8-7-12-35-17-21;/h5-18,39-40H,3-4,19-20H2,1-2H3;1H. The molecule has 0 unspecified atom stereocenters. The highest BCUT2D eigenvalue weighted by Crippen LogP contribution is 2.42. The van der Waals surface area contributed by atoms with E-state index in [-0.39, 0.29) is 31.2 Å². The number of benzene rings is 3. The average molecular weight is 611 g/mol. The molecule has 0 spiro atoms. The monoisotopic (exact) mass is 610 g/mol. The van der Waals surface area contributed by atoms with Crippen molar-refractivity contribution in [3.05, 3.63) is 107 Å². The van der Waals surface area contributed by atoms with Crippen molar-refractivity contribution in [3.8, 4) is 39.6 Å². The molecule has 224 valence electrons. The zero-order chi connectivity index (χ0) is 29.9. The number of ether oxygens (including phenoxy) is 2. The van der Waals surface area contributed by atoms with Crippen LogP contribution in [0.15, 0.2) is 90.2 Å². The first-order valence-electron chi connectivity index (χ1n) is 14.1. The van der Waals surface area contributed by atoms with E-state index in [0.717, 1.165) is 16.3 Å². The van der Waals surface area contributed by atoms with Crippen LogP contribution in [-0.2, 0) is 13.2 Å². The lowest BCUT2D eigenvalue weighted by molar-refractivity contribution is 0.260. The molecule has 9 nitrogen and oxygen atoms in total. The number of aliphatic hydroxyl groups is 2. The molecule has 0 aliphatic heterocycles. The first kappa shape index (κ1) is 30.6. The third-order valence-corrected chi connectivity index (χ3v) is 7.37. The highest BCUT2D eigenvalue weighted by molar-refractivity contribution is 6.02. The Morgan fingerprint density at radius 1 is 0.795 bits per heavy atom. The van der Waals surface area contributed by atoms with Gasteiger partial charge in [0.1, 0.15) is 5.69 Å². The van der Waals surface area contributed by atoms with E-state index >= 15 is 0 Å². The SMILES string of the molecule is CCOc1cc2cc(CO)c(CO)c(-c3ccncc3-n3nc(-c4cccnc4)c4ccccc4c3=O)c2cc1OCC.Cl. The van der Waals surface area contributed by atoms with Gasteiger partial charge in [0.25, 0.3) is 5.56 Å². The molecule has 3 aromatic heterocycles. The lowest BCUT2D eigenvalue weighted by Crippen LogP contribution is -2.23. The third kappa shape index (κ3) is 5.37. The summed E-state index contributed by atoms with van der Waals surface area (Å²) in [7, 11) is 0. The van der Waals surface area contributed by atoms with Gasteiger partial charge in [0.15, 0.2) is 11.5 Å². The summed E-state index contributed by atoms with van der Waals surface area (Å²) < 4.78 is 13.2. The number of fused-ring (bicyclic) bond motifs is 2. The van der Waals surface area contributed by atoms with Crippen LogP contribution < -0.4 is 15.0 Å². The molecule has 0 saturated heterocycles. The van der Waals surface area contributed by atoms with Crippen LogP contribution in [0.2, 0.25) is 0 Å². The van der Waals surface area contributed by atoms with Crippen molar-refractivity contribution in [1.82, 2.24) is 19.7 Å². The van der Waals surface area contributed by atoms with Crippen LogP contribution in [0.3, 0.4) is 0 Å². The lowest BCUT2D eigenvalue weighted by Gasteiger charge is -2.21. The maximum Gasteiger partial charge on any atom is 0.279 e. The lowest BCUT2D eigenvalue weighted by atomic mass is 9.89. The van der Waals surface area contributed by atoms with E-state index in [1.54, 1.807) is 36.9 Å². The zero-order valence-electron chi connectivity index (χ0n) is 24.2. The first-order valence-corrected chi connectivity index (χ1v) is 14.1. The molecule has 2 N–H and O–H groups in total. The Morgan fingerprint density at radius 2 is 1.52 bits per heavy atom. The summed E-state index contributed by atoms with van der Waals surface area (Å²) in [6.07, 6.45) is 6.61. The van der Waals surface area contributed by atoms with Crippen molar-refractivity contribution in [1.29, 1.82) is 0 Å². The molecule has 6 aromatic rings. The molecule has 0 atom stereocenters. The quantitative estimate of drug-likeness (QED) is 0.209. The van der Waals surface area contributed by atoms with Crippen LogP contribution in [0.25, 0.3) is 49.6 Å². The van der Waals surface area contributed by atoms with Gasteiger partial charge in [-0.25, -0.2) is 0 Å². The number of pyridine rings is 2. The van der Waals surface area contributed by atoms with Gasteiger partial charge < -0.3 is 19.7 Å². The summed E-state index contributed by atoms with van der Waals surface area (Å²) in [6, 6.07) is 18.4. The number of halogens is 1. The number of hydrogen-bond acceptors (Lipinski definition) is 8. The van der Waals surface area contributed by atoms with Crippen molar-refractivity contribution >= 4 is 34.0 Å². The van der Waals surface area contributed by atoms with E-state index in [0.29, 0.717) is 69.1 Å². The van der Waals surface area contributed by atoms with Crippen molar-refractivity contribution in [2.45, 2.75) is 27.1 Å². The number of nitrogens with zero attached hydrogens (tertiary/aromatic N) is 4. The topological polar surface area (TPSA) is 120 Å². The largest absolute Gasteiger partial charge is 0.490 e. The van der Waals surface area contributed by atoms with E-state index in [1.807, 2.05) is 62.4 Å². The fourth-order valence-electron chi connectivity index (χ4n) is 5.51. The summed E-state index contributed by atoms with van der Waals surface area (Å²) in [5.41, 5.74) is 3.76. The molecule has 0 saturated carbocycles. The van der Waals surface area contributed by atoms with E-state index < -0.39 is 0 Å². The Labute approximate surface area is 259 Å². The van der Waals surface area contributed by atoms with Crippen LogP contribution >= 0.6 is 12.4 Å². The second kappa shape index (κ2) is 13.2. The third-order valence-electron chi connectivity index (χ3n) is 7.37. The molecule has 0 aliphatic carbocycles. The molecule has 44 heavy (non-hydrogen) atoms. The number of rotatable bonds is 9. The first-order chi connectivity index (χ1) is 21.1. The van der Waals surface area contributed by atoms with Crippen molar-refractivity contribution in [3.63, 3.8) is 0 Å². The normalized spacial score (nSPS) is 11.0. The van der Waals surface area contributed by atoms with Crippen LogP contribution in [0.5, 0.6) is 11.5 Å². The predicted molar refractivity (Wildman–Crippen MR) is 173 cm³/mol. The van der Waals surface area contributed by atoms with E-state index in [1.165, 1.54) is 4.68 Å². The molecule has 0 radical (unpaired) electrons. The maximum atomic E-state index is 14.0. The summed E-state index contributed by atoms with van der Waals surface area (Å²) in [5, 5.41) is 28.6. The molecule has 3 aromatic carbocycles. The Balaban J connectivity index is 0.00000384. The Morgan fingerprint density at radius 3 is 2.20 bits per heavy atom. The van der Waals surface area contributed by atoms with E-state index in [4.69, 9.17) is 14.6 Å². The van der Waals surface area contributed by atoms with E-state index in [2.05, 4.69) is 9.97 Å². The van der Waals surface area contributed by atoms with Gasteiger partial charge in [-0.15, -0.1) is 12.4 Å². The fraction of sp³-hybridized carbons (Fsp3) is 0.176. The van der Waals surface area contributed by atoms with Gasteiger partial charge in [-0.1, -0.05) is 18.2 Å². The number of aromatic nitrogens is 4. The van der Waals surface area contributed by atoms with Crippen LogP contribution in [0.1, 0.15) is 25.0 Å². The van der Waals surface area contributed by atoms with Crippen molar-refractivity contribution in [2.75, 3.05) is 13.2 Å². The number of aliphatic hydroxyl groups excluding tert-OH is 2. The molecular formula is C34H31ClN4O5. The smallest absolute Gasteiger partial charge is 0.279 e. The van der Waals surface area contributed by atoms with Gasteiger partial charge in [-0.2, -0.15) is 9.78 Å². The second-order valence-electron chi connectivity index (χ2n) is 9.84. The minimum Gasteiger partial charge on any atom is -0.490 e. The Bertz CT molecular complexity index is 2010. The van der Waals surface area contributed by atoms with Gasteiger partial charge in [0.05, 0.1) is 43.7 Å². The average Bonchev–Trinajstić information content (AvgIpc) is 3.05. The summed E-state index contributed by atoms with van der Waals surface area (Å²) >= 11 is 0. The summed E-state index contributed by atoms with van der Waals surface area (Å²) in [4.78, 5) is 22.7. The van der Waals surface area contributed by atoms with Crippen molar-refractivity contribution in [2.24, 2.45) is 0 Å². The minimum atomic E-state index is -0.346. The molecular weight excluding hydrogens is 580 g/mol. The summed E-state index contributed by atoms with van der Waals surface area (Å²) in [5.74, 6) is 1.13. The highest BCUT2D eigenvalue weighted by Gasteiger charge is 2.22. The van der Waals surface area contributed by atoms with Gasteiger partial charge in [0, 0.05) is 35.1 Å². The van der Waals surface area contributed by atoms with Crippen molar-refractivity contribution < 1.29 is 19.7 Å². The molecule has 0 bridgehead atoms.